The van der Waals surface area contributed by atoms with Crippen molar-refractivity contribution in [1.82, 2.24) is 5.32 Å². The highest BCUT2D eigenvalue weighted by Crippen LogP contribution is 2.48. The van der Waals surface area contributed by atoms with Gasteiger partial charge >= 0.3 is 5.97 Å². The number of rotatable bonds is 4. The van der Waals surface area contributed by atoms with Crippen LogP contribution in [0.15, 0.2) is 18.2 Å². The van der Waals surface area contributed by atoms with Crippen molar-refractivity contribution in [2.45, 2.75) is 31.8 Å². The van der Waals surface area contributed by atoms with Crippen molar-refractivity contribution >= 4 is 17.6 Å². The zero-order chi connectivity index (χ0) is 14.3. The van der Waals surface area contributed by atoms with Gasteiger partial charge in [-0.1, -0.05) is 23.7 Å². The van der Waals surface area contributed by atoms with Crippen LogP contribution in [0.25, 0.3) is 0 Å². The number of carboxylic acid groups (broad SMARTS) is 1. The normalized spacial score (nSPS) is 31.7. The first-order chi connectivity index (χ1) is 9.58. The molecule has 5 heteroatoms. The highest BCUT2D eigenvalue weighted by molar-refractivity contribution is 6.30. The summed E-state index contributed by atoms with van der Waals surface area (Å²) < 4.78 is 13.8. The molecule has 2 N–H and O–H groups in total. The minimum atomic E-state index is -0.735. The number of halogens is 2. The highest BCUT2D eigenvalue weighted by Gasteiger charge is 2.50. The van der Waals surface area contributed by atoms with Crippen LogP contribution < -0.4 is 5.32 Å². The third kappa shape index (κ3) is 2.31. The minimum Gasteiger partial charge on any atom is -0.481 e. The Kier molecular flexibility index (Phi) is 3.69. The number of aliphatic carboxylic acids is 1. The molecule has 0 spiro atoms. The summed E-state index contributed by atoms with van der Waals surface area (Å²) >= 11 is 5.75. The van der Waals surface area contributed by atoms with Crippen LogP contribution in [0, 0.1) is 23.6 Å². The van der Waals surface area contributed by atoms with E-state index in [1.54, 1.807) is 12.1 Å². The summed E-state index contributed by atoms with van der Waals surface area (Å²) in [6.45, 7) is 0.323. The molecule has 2 saturated carbocycles. The van der Waals surface area contributed by atoms with Crippen LogP contribution in [0.2, 0.25) is 5.02 Å². The molecule has 2 aliphatic carbocycles. The monoisotopic (exact) mass is 297 g/mol. The van der Waals surface area contributed by atoms with E-state index in [2.05, 4.69) is 5.32 Å². The molecule has 1 aromatic carbocycles. The summed E-state index contributed by atoms with van der Waals surface area (Å²) in [6.07, 6.45) is 3.06. The quantitative estimate of drug-likeness (QED) is 0.898. The number of carboxylic acids is 1. The molecule has 4 unspecified atom stereocenters. The molecule has 2 aliphatic rings. The maximum absolute atomic E-state index is 13.8. The van der Waals surface area contributed by atoms with E-state index in [9.17, 15) is 14.3 Å². The van der Waals surface area contributed by atoms with E-state index in [-0.39, 0.29) is 22.9 Å². The van der Waals surface area contributed by atoms with Gasteiger partial charge < -0.3 is 10.4 Å². The molecule has 108 valence electrons. The standard InChI is InChI=1S/C15H17ClFNO2/c16-11-3-1-2-10(13(11)17)7-18-14-9-5-4-8(6-9)12(14)15(19)20/h1-3,8-9,12,14,18H,4-7H2,(H,19,20). The summed E-state index contributed by atoms with van der Waals surface area (Å²) in [4.78, 5) is 11.4. The van der Waals surface area contributed by atoms with Crippen LogP contribution >= 0.6 is 11.6 Å². The predicted octanol–water partition coefficient (Wildman–Crippen LogP) is 3.07. The molecule has 0 radical (unpaired) electrons. The van der Waals surface area contributed by atoms with Gasteiger partial charge in [-0.05, 0) is 37.2 Å². The molecule has 3 nitrogen and oxygen atoms in total. The molecular weight excluding hydrogens is 281 g/mol. The van der Waals surface area contributed by atoms with Crippen LogP contribution in [-0.4, -0.2) is 17.1 Å². The Morgan fingerprint density at radius 2 is 2.15 bits per heavy atom. The van der Waals surface area contributed by atoms with Crippen molar-refractivity contribution in [3.63, 3.8) is 0 Å². The van der Waals surface area contributed by atoms with Crippen molar-refractivity contribution in [1.29, 1.82) is 0 Å². The van der Waals surface area contributed by atoms with Crippen molar-refractivity contribution in [3.8, 4) is 0 Å². The molecule has 2 bridgehead atoms. The molecule has 0 saturated heterocycles. The largest absolute Gasteiger partial charge is 0.481 e. The van der Waals surface area contributed by atoms with Gasteiger partial charge in [0.2, 0.25) is 0 Å². The Balaban J connectivity index is 1.71. The van der Waals surface area contributed by atoms with E-state index in [1.807, 2.05) is 0 Å². The molecule has 0 heterocycles. The molecule has 0 aromatic heterocycles. The zero-order valence-electron chi connectivity index (χ0n) is 11.0. The van der Waals surface area contributed by atoms with Crippen LogP contribution in [0.1, 0.15) is 24.8 Å². The van der Waals surface area contributed by atoms with Gasteiger partial charge in [0.1, 0.15) is 5.82 Å². The molecule has 2 fully saturated rings. The summed E-state index contributed by atoms with van der Waals surface area (Å²) in [7, 11) is 0. The van der Waals surface area contributed by atoms with E-state index in [0.29, 0.717) is 18.0 Å². The smallest absolute Gasteiger partial charge is 0.308 e. The molecule has 4 atom stereocenters. The van der Waals surface area contributed by atoms with Crippen LogP contribution in [0.4, 0.5) is 4.39 Å². The van der Waals surface area contributed by atoms with E-state index >= 15 is 0 Å². The zero-order valence-corrected chi connectivity index (χ0v) is 11.7. The van der Waals surface area contributed by atoms with Crippen molar-refractivity contribution in [3.05, 3.63) is 34.6 Å². The van der Waals surface area contributed by atoms with Gasteiger partial charge in [0.05, 0.1) is 10.9 Å². The molecule has 3 rings (SSSR count). The Labute approximate surface area is 122 Å². The summed E-state index contributed by atoms with van der Waals surface area (Å²) in [5.74, 6) is -0.809. The summed E-state index contributed by atoms with van der Waals surface area (Å²) in [5, 5.41) is 12.7. The van der Waals surface area contributed by atoms with Crippen molar-refractivity contribution in [2.75, 3.05) is 0 Å². The second-order valence-electron chi connectivity index (χ2n) is 5.82. The molecular formula is C15H17ClFNO2. The molecule has 0 amide bonds. The number of nitrogens with one attached hydrogen (secondary N) is 1. The Bertz CT molecular complexity index is 537. The van der Waals surface area contributed by atoms with Gasteiger partial charge in [-0.15, -0.1) is 0 Å². The lowest BCUT2D eigenvalue weighted by molar-refractivity contribution is -0.144. The number of fused-ring (bicyclic) bond motifs is 2. The average Bonchev–Trinajstić information content (AvgIpc) is 3.00. The van der Waals surface area contributed by atoms with E-state index in [4.69, 9.17) is 11.6 Å². The van der Waals surface area contributed by atoms with Gasteiger partial charge in [0, 0.05) is 18.2 Å². The first kappa shape index (κ1) is 13.8. The average molecular weight is 298 g/mol. The van der Waals surface area contributed by atoms with Gasteiger partial charge in [-0.2, -0.15) is 0 Å². The third-order valence-corrected chi connectivity index (χ3v) is 5.05. The fraction of sp³-hybridized carbons (Fsp3) is 0.533. The first-order valence-electron chi connectivity index (χ1n) is 6.97. The first-order valence-corrected chi connectivity index (χ1v) is 7.35. The third-order valence-electron chi connectivity index (χ3n) is 4.76. The number of hydrogen-bond acceptors (Lipinski definition) is 2. The number of benzene rings is 1. The van der Waals surface area contributed by atoms with Crippen molar-refractivity contribution in [2.24, 2.45) is 17.8 Å². The topological polar surface area (TPSA) is 49.3 Å². The van der Waals surface area contributed by atoms with E-state index in [0.717, 1.165) is 19.3 Å². The van der Waals surface area contributed by atoms with E-state index in [1.165, 1.54) is 6.07 Å². The van der Waals surface area contributed by atoms with Gasteiger partial charge in [-0.3, -0.25) is 4.79 Å². The van der Waals surface area contributed by atoms with E-state index < -0.39 is 11.8 Å². The van der Waals surface area contributed by atoms with Crippen molar-refractivity contribution < 1.29 is 14.3 Å². The Hall–Kier alpha value is -1.13. The maximum Gasteiger partial charge on any atom is 0.308 e. The summed E-state index contributed by atoms with van der Waals surface area (Å²) in [6, 6.07) is 4.84. The predicted molar refractivity (Wildman–Crippen MR) is 74.0 cm³/mol. The Morgan fingerprint density at radius 3 is 2.90 bits per heavy atom. The lowest BCUT2D eigenvalue weighted by Gasteiger charge is -2.29. The van der Waals surface area contributed by atoms with Gasteiger partial charge in [0.15, 0.2) is 0 Å². The SMILES string of the molecule is O=C(O)C1C2CCC(C2)C1NCc1cccc(Cl)c1F. The second-order valence-corrected chi connectivity index (χ2v) is 6.22. The fourth-order valence-corrected chi connectivity index (χ4v) is 4.05. The second kappa shape index (κ2) is 5.34. The van der Waals surface area contributed by atoms with Crippen LogP contribution in [0.5, 0.6) is 0 Å². The Morgan fingerprint density at radius 1 is 1.40 bits per heavy atom. The summed E-state index contributed by atoms with van der Waals surface area (Å²) in [5.41, 5.74) is 0.490. The number of carbonyl (C=O) groups is 1. The lowest BCUT2D eigenvalue weighted by atomic mass is 9.84. The molecule has 0 aliphatic heterocycles. The maximum atomic E-state index is 13.8. The van der Waals surface area contributed by atoms with Crippen LogP contribution in [-0.2, 0) is 11.3 Å². The highest BCUT2D eigenvalue weighted by atomic mass is 35.5. The van der Waals surface area contributed by atoms with Gasteiger partial charge in [-0.25, -0.2) is 4.39 Å². The van der Waals surface area contributed by atoms with Crippen LogP contribution in [0.3, 0.4) is 0 Å². The minimum absolute atomic E-state index is 0.0513. The fourth-order valence-electron chi connectivity index (χ4n) is 3.85. The number of hydrogen-bond donors (Lipinski definition) is 2. The molecule has 20 heavy (non-hydrogen) atoms. The lowest BCUT2D eigenvalue weighted by Crippen LogP contribution is -2.43. The molecule has 1 aromatic rings. The van der Waals surface area contributed by atoms with Gasteiger partial charge in [0.25, 0.3) is 0 Å².